The summed E-state index contributed by atoms with van der Waals surface area (Å²) in [5.74, 6) is -3.31. The minimum Gasteiger partial charge on any atom is -0.480 e. The van der Waals surface area contributed by atoms with E-state index in [1.54, 1.807) is 0 Å². The molecule has 0 saturated carbocycles. The van der Waals surface area contributed by atoms with E-state index in [-0.39, 0.29) is 25.2 Å². The summed E-state index contributed by atoms with van der Waals surface area (Å²) in [7, 11) is 0. The average molecular weight is 270 g/mol. The van der Waals surface area contributed by atoms with Gasteiger partial charge in [0, 0.05) is 12.8 Å². The van der Waals surface area contributed by atoms with Gasteiger partial charge in [0.15, 0.2) is 11.2 Å². The number of hydrogen-bond acceptors (Lipinski definition) is 3. The number of aliphatic carboxylic acids is 1. The van der Waals surface area contributed by atoms with Gasteiger partial charge in [0.25, 0.3) is 0 Å². The maximum atomic E-state index is 13.6. The zero-order chi connectivity index (χ0) is 14.0. The lowest BCUT2D eigenvalue weighted by molar-refractivity contribution is -0.164. The number of benzene rings is 1. The molecule has 0 aromatic heterocycles. The quantitative estimate of drug-likeness (QED) is 0.847. The molecular weight excluding hydrogens is 258 g/mol. The van der Waals surface area contributed by atoms with Gasteiger partial charge in [-0.3, -0.25) is 9.59 Å². The normalized spacial score (nSPS) is 23.4. The number of rotatable bonds is 3. The maximum Gasteiger partial charge on any atom is 0.319 e. The number of hydrogen-bond donors (Lipinski definition) is 1. The summed E-state index contributed by atoms with van der Waals surface area (Å²) in [5.41, 5.74) is -1.96. The fourth-order valence-corrected chi connectivity index (χ4v) is 2.14. The highest BCUT2D eigenvalue weighted by Crippen LogP contribution is 2.31. The predicted octanol–water partition coefficient (Wildman–Crippen LogP) is 1.57. The van der Waals surface area contributed by atoms with Gasteiger partial charge in [0.1, 0.15) is 11.6 Å². The van der Waals surface area contributed by atoms with Gasteiger partial charge in [-0.1, -0.05) is 0 Å². The number of ether oxygens (including phenoxy) is 1. The molecule has 1 aliphatic heterocycles. The highest BCUT2D eigenvalue weighted by molar-refractivity contribution is 6.04. The van der Waals surface area contributed by atoms with E-state index >= 15 is 0 Å². The molecule has 1 aromatic rings. The lowest BCUT2D eigenvalue weighted by Gasteiger charge is -2.31. The van der Waals surface area contributed by atoms with Crippen LogP contribution in [0.4, 0.5) is 8.78 Å². The topological polar surface area (TPSA) is 63.6 Å². The van der Waals surface area contributed by atoms with Gasteiger partial charge in [0.2, 0.25) is 0 Å². The first kappa shape index (κ1) is 13.6. The summed E-state index contributed by atoms with van der Waals surface area (Å²) >= 11 is 0. The first-order valence-corrected chi connectivity index (χ1v) is 5.74. The van der Waals surface area contributed by atoms with Crippen molar-refractivity contribution in [1.82, 2.24) is 0 Å². The smallest absolute Gasteiger partial charge is 0.319 e. The fraction of sp³-hybridized carbons (Fsp3) is 0.385. The fourth-order valence-electron chi connectivity index (χ4n) is 2.14. The molecular formula is C13H12F2O4. The molecule has 1 N–H and O–H groups in total. The van der Waals surface area contributed by atoms with Crippen LogP contribution >= 0.6 is 0 Å². The van der Waals surface area contributed by atoms with Gasteiger partial charge in [-0.2, -0.15) is 0 Å². The van der Waals surface area contributed by atoms with Gasteiger partial charge in [0.05, 0.1) is 13.2 Å². The number of carbonyl (C=O) groups is 2. The molecule has 1 aliphatic rings. The van der Waals surface area contributed by atoms with Crippen molar-refractivity contribution in [3.05, 3.63) is 35.4 Å². The largest absolute Gasteiger partial charge is 0.480 e. The third-order valence-electron chi connectivity index (χ3n) is 3.27. The van der Waals surface area contributed by atoms with Gasteiger partial charge in [-0.25, -0.2) is 8.78 Å². The first-order chi connectivity index (χ1) is 8.95. The first-order valence-electron chi connectivity index (χ1n) is 5.74. The molecule has 0 spiro atoms. The monoisotopic (exact) mass is 270 g/mol. The SMILES string of the molecule is O=C(O)C1(Cc2cc(F)ccc2F)COCCC1=O. The van der Waals surface area contributed by atoms with E-state index in [0.29, 0.717) is 0 Å². The van der Waals surface area contributed by atoms with Crippen LogP contribution in [-0.4, -0.2) is 30.1 Å². The summed E-state index contributed by atoms with van der Waals surface area (Å²) in [6.07, 6.45) is -0.450. The highest BCUT2D eigenvalue weighted by atomic mass is 19.1. The summed E-state index contributed by atoms with van der Waals surface area (Å²) in [5, 5.41) is 9.26. The van der Waals surface area contributed by atoms with E-state index in [1.807, 2.05) is 0 Å². The summed E-state index contributed by atoms with van der Waals surface area (Å²) in [4.78, 5) is 23.3. The van der Waals surface area contributed by atoms with Crippen LogP contribution < -0.4 is 0 Å². The Bertz CT molecular complexity index is 529. The molecule has 1 fully saturated rings. The standard InChI is InChI=1S/C13H12F2O4/c14-9-1-2-10(15)8(5-9)6-13(12(17)18)7-19-4-3-11(13)16/h1-2,5H,3-4,6-7H2,(H,17,18). The van der Waals surface area contributed by atoms with Gasteiger partial charge in [-0.15, -0.1) is 0 Å². The maximum absolute atomic E-state index is 13.6. The summed E-state index contributed by atoms with van der Waals surface area (Å²) in [6, 6.07) is 2.75. The second-order valence-electron chi connectivity index (χ2n) is 4.53. The predicted molar refractivity (Wildman–Crippen MR) is 60.6 cm³/mol. The number of carboxylic acids is 1. The summed E-state index contributed by atoms with van der Waals surface area (Å²) in [6.45, 7) is -0.170. The van der Waals surface area contributed by atoms with Crippen molar-refractivity contribution in [3.63, 3.8) is 0 Å². The number of carbonyl (C=O) groups excluding carboxylic acids is 1. The van der Waals surface area contributed by atoms with Crippen LogP contribution in [0.5, 0.6) is 0 Å². The zero-order valence-electron chi connectivity index (χ0n) is 9.99. The number of halogens is 2. The third kappa shape index (κ3) is 2.49. The lowest BCUT2D eigenvalue weighted by Crippen LogP contribution is -2.48. The molecule has 102 valence electrons. The van der Waals surface area contributed by atoms with Crippen LogP contribution in [0.15, 0.2) is 18.2 Å². The Hall–Kier alpha value is -1.82. The Labute approximate surface area is 108 Å². The molecule has 19 heavy (non-hydrogen) atoms. The Kier molecular flexibility index (Phi) is 3.61. The molecule has 0 aliphatic carbocycles. The summed E-state index contributed by atoms with van der Waals surface area (Å²) < 4.78 is 31.7. The average Bonchev–Trinajstić information content (AvgIpc) is 2.36. The molecule has 4 nitrogen and oxygen atoms in total. The van der Waals surface area contributed by atoms with Crippen molar-refractivity contribution in [3.8, 4) is 0 Å². The lowest BCUT2D eigenvalue weighted by atomic mass is 9.76. The van der Waals surface area contributed by atoms with E-state index in [2.05, 4.69) is 0 Å². The van der Waals surface area contributed by atoms with Crippen LogP contribution in [0.3, 0.4) is 0 Å². The minimum atomic E-state index is -1.83. The van der Waals surface area contributed by atoms with Gasteiger partial charge < -0.3 is 9.84 Å². The Morgan fingerprint density at radius 1 is 1.42 bits per heavy atom. The minimum absolute atomic E-state index is 0.0385. The Morgan fingerprint density at radius 2 is 2.16 bits per heavy atom. The molecule has 1 saturated heterocycles. The second-order valence-corrected chi connectivity index (χ2v) is 4.53. The molecule has 1 aromatic carbocycles. The number of ketones is 1. The van der Waals surface area contributed by atoms with Crippen LogP contribution in [0.2, 0.25) is 0 Å². The Balaban J connectivity index is 2.38. The van der Waals surface area contributed by atoms with Crippen LogP contribution in [0, 0.1) is 17.0 Å². The van der Waals surface area contributed by atoms with Gasteiger partial charge in [-0.05, 0) is 23.8 Å². The molecule has 6 heteroatoms. The van der Waals surface area contributed by atoms with Crippen molar-refractivity contribution in [1.29, 1.82) is 0 Å². The van der Waals surface area contributed by atoms with Crippen LogP contribution in [-0.2, 0) is 20.7 Å². The van der Waals surface area contributed by atoms with Crippen LogP contribution in [0.25, 0.3) is 0 Å². The molecule has 0 radical (unpaired) electrons. The molecule has 0 bridgehead atoms. The zero-order valence-corrected chi connectivity index (χ0v) is 9.99. The number of Topliss-reactive ketones (excluding diaryl/α,β-unsaturated/α-hetero) is 1. The van der Waals surface area contributed by atoms with E-state index in [4.69, 9.17) is 4.74 Å². The van der Waals surface area contributed by atoms with Crippen LogP contribution in [0.1, 0.15) is 12.0 Å². The van der Waals surface area contributed by atoms with Gasteiger partial charge >= 0.3 is 5.97 Å². The van der Waals surface area contributed by atoms with E-state index < -0.39 is 35.2 Å². The molecule has 2 rings (SSSR count). The molecule has 1 heterocycles. The third-order valence-corrected chi connectivity index (χ3v) is 3.27. The van der Waals surface area contributed by atoms with Crippen molar-refractivity contribution in [2.75, 3.05) is 13.2 Å². The van der Waals surface area contributed by atoms with Crippen molar-refractivity contribution < 1.29 is 28.2 Å². The second kappa shape index (κ2) is 5.05. The number of carboxylic acid groups (broad SMARTS) is 1. The Morgan fingerprint density at radius 3 is 2.79 bits per heavy atom. The van der Waals surface area contributed by atoms with Crippen molar-refractivity contribution in [2.45, 2.75) is 12.8 Å². The van der Waals surface area contributed by atoms with Crippen molar-refractivity contribution in [2.24, 2.45) is 5.41 Å². The molecule has 1 unspecified atom stereocenters. The highest BCUT2D eigenvalue weighted by Gasteiger charge is 2.48. The van der Waals surface area contributed by atoms with E-state index in [0.717, 1.165) is 18.2 Å². The van der Waals surface area contributed by atoms with E-state index in [1.165, 1.54) is 0 Å². The molecule has 0 amide bonds. The van der Waals surface area contributed by atoms with Crippen molar-refractivity contribution >= 4 is 11.8 Å². The molecule has 1 atom stereocenters. The van der Waals surface area contributed by atoms with E-state index in [9.17, 15) is 23.5 Å².